The number of hydrogen-bond acceptors (Lipinski definition) is 4. The molecule has 1 N–H and O–H groups in total. The van der Waals surface area contributed by atoms with Crippen molar-refractivity contribution in [1.29, 1.82) is 0 Å². The molecule has 1 aliphatic heterocycles. The Bertz CT molecular complexity index is 1410. The number of nitrogens with one attached hydrogen (secondary N) is 1. The van der Waals surface area contributed by atoms with Crippen LogP contribution in [0.2, 0.25) is 0 Å². The first-order chi connectivity index (χ1) is 17.9. The lowest BCUT2D eigenvalue weighted by Crippen LogP contribution is -2.48. The van der Waals surface area contributed by atoms with Crippen LogP contribution in [0.3, 0.4) is 0 Å². The number of anilines is 2. The van der Waals surface area contributed by atoms with Crippen molar-refractivity contribution in [1.82, 2.24) is 14.7 Å². The first-order valence-electron chi connectivity index (χ1n) is 12.2. The zero-order valence-corrected chi connectivity index (χ0v) is 20.8. The van der Waals surface area contributed by atoms with Crippen LogP contribution in [0.5, 0.6) is 0 Å². The average Bonchev–Trinajstić information content (AvgIpc) is 3.24. The van der Waals surface area contributed by atoms with Crippen molar-refractivity contribution >= 4 is 23.3 Å². The van der Waals surface area contributed by atoms with E-state index in [1.165, 1.54) is 24.7 Å². The normalized spacial score (nSPS) is 13.5. The summed E-state index contributed by atoms with van der Waals surface area (Å²) in [5.74, 6) is -0.0970. The van der Waals surface area contributed by atoms with Crippen molar-refractivity contribution in [2.24, 2.45) is 0 Å². The van der Waals surface area contributed by atoms with Gasteiger partial charge < -0.3 is 15.1 Å². The summed E-state index contributed by atoms with van der Waals surface area (Å²) in [4.78, 5) is 29.3. The highest BCUT2D eigenvalue weighted by molar-refractivity contribution is 5.95. The van der Waals surface area contributed by atoms with Crippen molar-refractivity contribution in [2.75, 3.05) is 36.4 Å². The van der Waals surface area contributed by atoms with E-state index in [9.17, 15) is 14.0 Å². The zero-order valence-electron chi connectivity index (χ0n) is 20.8. The third kappa shape index (κ3) is 5.09. The molecule has 0 atom stereocenters. The number of carbonyl (C=O) groups is 2. The molecule has 0 bridgehead atoms. The van der Waals surface area contributed by atoms with Crippen molar-refractivity contribution in [2.45, 2.75) is 13.8 Å². The molecule has 188 valence electrons. The number of hydrogen-bond donors (Lipinski definition) is 1. The Labute approximate surface area is 215 Å². The molecule has 0 unspecified atom stereocenters. The van der Waals surface area contributed by atoms with Crippen LogP contribution in [0.1, 0.15) is 23.0 Å². The highest BCUT2D eigenvalue weighted by Gasteiger charge is 2.23. The van der Waals surface area contributed by atoms with Gasteiger partial charge in [-0.15, -0.1) is 0 Å². The van der Waals surface area contributed by atoms with Gasteiger partial charge in [-0.2, -0.15) is 5.10 Å². The van der Waals surface area contributed by atoms with Crippen LogP contribution in [-0.4, -0.2) is 52.7 Å². The van der Waals surface area contributed by atoms with Gasteiger partial charge in [0.15, 0.2) is 0 Å². The molecule has 0 saturated carbocycles. The highest BCUT2D eigenvalue weighted by Crippen LogP contribution is 2.33. The molecule has 3 aromatic carbocycles. The molecule has 2 heterocycles. The molecular weight excluding hydrogens is 469 g/mol. The minimum absolute atomic E-state index is 0.00927. The number of benzene rings is 3. The molecule has 0 radical (unpaired) electrons. The summed E-state index contributed by atoms with van der Waals surface area (Å²) in [7, 11) is 0. The number of aryl methyl sites for hydroxylation is 1. The summed E-state index contributed by atoms with van der Waals surface area (Å²) in [6, 6.07) is 23.5. The SMILES string of the molecule is CC(=O)Nc1c(-c2ccc(F)cc2)c(C)nn1-c1ccc(C(=O)N2CCN(c3ccccc3)CC2)cc1. The van der Waals surface area contributed by atoms with Crippen LogP contribution in [-0.2, 0) is 4.79 Å². The van der Waals surface area contributed by atoms with Gasteiger partial charge in [0.05, 0.1) is 11.4 Å². The predicted octanol–water partition coefficient (Wildman–Crippen LogP) is 4.91. The van der Waals surface area contributed by atoms with E-state index in [1.807, 2.05) is 42.2 Å². The summed E-state index contributed by atoms with van der Waals surface area (Å²) in [6.45, 7) is 6.15. The largest absolute Gasteiger partial charge is 0.368 e. The van der Waals surface area contributed by atoms with E-state index < -0.39 is 0 Å². The Morgan fingerprint density at radius 2 is 1.49 bits per heavy atom. The Morgan fingerprint density at radius 1 is 0.838 bits per heavy atom. The second kappa shape index (κ2) is 10.3. The van der Waals surface area contributed by atoms with E-state index in [2.05, 4.69) is 27.4 Å². The summed E-state index contributed by atoms with van der Waals surface area (Å²) in [5.41, 5.74) is 4.61. The number of halogens is 1. The molecule has 1 fully saturated rings. The minimum Gasteiger partial charge on any atom is -0.368 e. The first kappa shape index (κ1) is 24.2. The van der Waals surface area contributed by atoms with Gasteiger partial charge in [0, 0.05) is 49.9 Å². The monoisotopic (exact) mass is 497 g/mol. The van der Waals surface area contributed by atoms with Gasteiger partial charge in [-0.05, 0) is 61.0 Å². The van der Waals surface area contributed by atoms with Crippen LogP contribution >= 0.6 is 0 Å². The van der Waals surface area contributed by atoms with Crippen LogP contribution in [0.15, 0.2) is 78.9 Å². The Balaban J connectivity index is 1.36. The fourth-order valence-electron chi connectivity index (χ4n) is 4.69. The maximum Gasteiger partial charge on any atom is 0.253 e. The van der Waals surface area contributed by atoms with Gasteiger partial charge in [0.25, 0.3) is 5.91 Å². The van der Waals surface area contributed by atoms with Crippen LogP contribution in [0.4, 0.5) is 15.9 Å². The smallest absolute Gasteiger partial charge is 0.253 e. The fourth-order valence-corrected chi connectivity index (χ4v) is 4.69. The van der Waals surface area contributed by atoms with Crippen molar-refractivity contribution in [3.05, 3.63) is 95.9 Å². The lowest BCUT2D eigenvalue weighted by molar-refractivity contribution is -0.114. The molecule has 1 aliphatic rings. The van der Waals surface area contributed by atoms with E-state index in [0.717, 1.165) is 18.7 Å². The third-order valence-corrected chi connectivity index (χ3v) is 6.53. The second-order valence-electron chi connectivity index (χ2n) is 9.07. The predicted molar refractivity (Wildman–Crippen MR) is 143 cm³/mol. The molecule has 1 aromatic heterocycles. The zero-order chi connectivity index (χ0) is 25.9. The summed E-state index contributed by atoms with van der Waals surface area (Å²) >= 11 is 0. The first-order valence-corrected chi connectivity index (χ1v) is 12.2. The van der Waals surface area contributed by atoms with Gasteiger partial charge in [-0.25, -0.2) is 9.07 Å². The van der Waals surface area contributed by atoms with E-state index in [4.69, 9.17) is 0 Å². The second-order valence-corrected chi connectivity index (χ2v) is 9.07. The van der Waals surface area contributed by atoms with Crippen LogP contribution in [0.25, 0.3) is 16.8 Å². The number of piperazine rings is 1. The topological polar surface area (TPSA) is 70.5 Å². The summed E-state index contributed by atoms with van der Waals surface area (Å²) < 4.78 is 15.1. The number of amides is 2. The number of rotatable bonds is 5. The van der Waals surface area contributed by atoms with Gasteiger partial charge in [0.2, 0.25) is 5.91 Å². The van der Waals surface area contributed by atoms with Gasteiger partial charge >= 0.3 is 0 Å². The Morgan fingerprint density at radius 3 is 2.11 bits per heavy atom. The molecule has 7 nitrogen and oxygen atoms in total. The minimum atomic E-state index is -0.336. The molecular formula is C29H28FN5O2. The molecule has 0 spiro atoms. The van der Waals surface area contributed by atoms with Crippen LogP contribution in [0, 0.1) is 12.7 Å². The lowest BCUT2D eigenvalue weighted by atomic mass is 10.1. The molecule has 2 amide bonds. The van der Waals surface area contributed by atoms with Crippen molar-refractivity contribution in [3.8, 4) is 16.8 Å². The fraction of sp³-hybridized carbons (Fsp3) is 0.207. The number of nitrogens with zero attached hydrogens (tertiary/aromatic N) is 4. The Kier molecular flexibility index (Phi) is 6.72. The highest BCUT2D eigenvalue weighted by atomic mass is 19.1. The van der Waals surface area contributed by atoms with E-state index >= 15 is 0 Å². The van der Waals surface area contributed by atoms with Crippen LogP contribution < -0.4 is 10.2 Å². The molecule has 37 heavy (non-hydrogen) atoms. The average molecular weight is 498 g/mol. The molecule has 5 rings (SSSR count). The molecule has 0 aliphatic carbocycles. The number of carbonyl (C=O) groups excluding carboxylic acids is 2. The van der Waals surface area contributed by atoms with Gasteiger partial charge in [-0.3, -0.25) is 9.59 Å². The molecule has 8 heteroatoms. The molecule has 1 saturated heterocycles. The standard InChI is InChI=1S/C29H28FN5O2/c1-20-27(22-8-12-24(30)13-9-22)28(31-21(2)36)35(32-20)26-14-10-23(11-15-26)29(37)34-18-16-33(17-19-34)25-6-4-3-5-7-25/h3-15H,16-19H2,1-2H3,(H,31,36). The van der Waals surface area contributed by atoms with E-state index in [1.54, 1.807) is 28.9 Å². The summed E-state index contributed by atoms with van der Waals surface area (Å²) in [6.07, 6.45) is 0. The van der Waals surface area contributed by atoms with E-state index in [0.29, 0.717) is 41.4 Å². The lowest BCUT2D eigenvalue weighted by Gasteiger charge is -2.36. The number of aromatic nitrogens is 2. The maximum absolute atomic E-state index is 13.5. The Hall–Kier alpha value is -4.46. The maximum atomic E-state index is 13.5. The van der Waals surface area contributed by atoms with Crippen molar-refractivity contribution in [3.63, 3.8) is 0 Å². The van der Waals surface area contributed by atoms with Gasteiger partial charge in [-0.1, -0.05) is 30.3 Å². The summed E-state index contributed by atoms with van der Waals surface area (Å²) in [5, 5.41) is 7.51. The van der Waals surface area contributed by atoms with E-state index in [-0.39, 0.29) is 17.6 Å². The molecule has 4 aromatic rings. The quantitative estimate of drug-likeness (QED) is 0.426. The number of para-hydroxylation sites is 1. The van der Waals surface area contributed by atoms with Crippen molar-refractivity contribution < 1.29 is 14.0 Å². The van der Waals surface area contributed by atoms with Gasteiger partial charge in [0.1, 0.15) is 11.6 Å². The third-order valence-electron chi connectivity index (χ3n) is 6.53.